The maximum Gasteiger partial charge on any atom is 0.336 e. The van der Waals surface area contributed by atoms with Crippen LogP contribution in [0.3, 0.4) is 0 Å². The van der Waals surface area contributed by atoms with Crippen molar-refractivity contribution in [1.29, 1.82) is 0 Å². The SMILES string of the molecule is C=CCNC(=O)N1CCCN1C(=O)CNC(=O)c1ccco1. The predicted octanol–water partition coefficient (Wildman–Crippen LogP) is 0.354. The minimum Gasteiger partial charge on any atom is -0.459 e. The zero-order chi connectivity index (χ0) is 15.9. The fourth-order valence-electron chi connectivity index (χ4n) is 2.07. The van der Waals surface area contributed by atoms with Crippen molar-refractivity contribution < 1.29 is 18.8 Å². The summed E-state index contributed by atoms with van der Waals surface area (Å²) in [6.07, 6.45) is 3.63. The van der Waals surface area contributed by atoms with Crippen LogP contribution in [0.2, 0.25) is 0 Å². The largest absolute Gasteiger partial charge is 0.459 e. The molecule has 1 aromatic heterocycles. The van der Waals surface area contributed by atoms with Crippen LogP contribution >= 0.6 is 0 Å². The molecule has 0 unspecified atom stereocenters. The number of amides is 4. The number of hydrogen-bond acceptors (Lipinski definition) is 4. The van der Waals surface area contributed by atoms with E-state index in [0.29, 0.717) is 26.1 Å². The van der Waals surface area contributed by atoms with E-state index in [1.165, 1.54) is 22.3 Å². The maximum absolute atomic E-state index is 12.1. The van der Waals surface area contributed by atoms with Gasteiger partial charge in [0.25, 0.3) is 11.8 Å². The van der Waals surface area contributed by atoms with Crippen molar-refractivity contribution in [3.05, 3.63) is 36.8 Å². The normalized spacial score (nSPS) is 13.8. The van der Waals surface area contributed by atoms with Gasteiger partial charge < -0.3 is 15.1 Å². The fourth-order valence-corrected chi connectivity index (χ4v) is 2.07. The lowest BCUT2D eigenvalue weighted by Gasteiger charge is -2.27. The van der Waals surface area contributed by atoms with Crippen molar-refractivity contribution in [2.45, 2.75) is 6.42 Å². The fraction of sp³-hybridized carbons (Fsp3) is 0.357. The highest BCUT2D eigenvalue weighted by Crippen LogP contribution is 2.10. The highest BCUT2D eigenvalue weighted by molar-refractivity contribution is 5.94. The molecule has 0 saturated carbocycles. The molecule has 2 rings (SSSR count). The van der Waals surface area contributed by atoms with Gasteiger partial charge in [-0.05, 0) is 18.6 Å². The summed E-state index contributed by atoms with van der Waals surface area (Å²) >= 11 is 0. The van der Waals surface area contributed by atoms with Crippen molar-refractivity contribution >= 4 is 17.8 Å². The van der Waals surface area contributed by atoms with Crippen LogP contribution in [0.5, 0.6) is 0 Å². The van der Waals surface area contributed by atoms with Gasteiger partial charge in [-0.1, -0.05) is 6.08 Å². The quantitative estimate of drug-likeness (QED) is 0.768. The van der Waals surface area contributed by atoms with Gasteiger partial charge in [-0.15, -0.1) is 6.58 Å². The first-order chi connectivity index (χ1) is 10.6. The first-order valence-electron chi connectivity index (χ1n) is 6.91. The highest BCUT2D eigenvalue weighted by Gasteiger charge is 2.30. The molecule has 0 aliphatic carbocycles. The second-order valence-electron chi connectivity index (χ2n) is 4.63. The Balaban J connectivity index is 1.86. The first-order valence-corrected chi connectivity index (χ1v) is 6.91. The Labute approximate surface area is 127 Å². The molecule has 1 aliphatic rings. The van der Waals surface area contributed by atoms with Gasteiger partial charge in [0.1, 0.15) is 0 Å². The first kappa shape index (κ1) is 15.6. The number of urea groups is 1. The zero-order valence-electron chi connectivity index (χ0n) is 12.1. The molecule has 0 atom stereocenters. The summed E-state index contributed by atoms with van der Waals surface area (Å²) in [5.41, 5.74) is 0. The van der Waals surface area contributed by atoms with Crippen LogP contribution in [0.4, 0.5) is 4.79 Å². The molecule has 8 heteroatoms. The Bertz CT molecular complexity index is 555. The van der Waals surface area contributed by atoms with Crippen LogP contribution in [-0.4, -0.2) is 54.0 Å². The molecule has 1 aromatic rings. The second-order valence-corrected chi connectivity index (χ2v) is 4.63. The average molecular weight is 306 g/mol. The van der Waals surface area contributed by atoms with Gasteiger partial charge in [0, 0.05) is 19.6 Å². The molecular formula is C14H18N4O4. The lowest BCUT2D eigenvalue weighted by Crippen LogP contribution is -2.51. The third-order valence-corrected chi connectivity index (χ3v) is 3.10. The minimum absolute atomic E-state index is 0.134. The molecule has 1 saturated heterocycles. The summed E-state index contributed by atoms with van der Waals surface area (Å²) in [4.78, 5) is 35.8. The standard InChI is InChI=1S/C14H18N4O4/c1-2-6-15-14(21)18-8-4-7-17(18)12(19)10-16-13(20)11-5-3-9-22-11/h2-3,5,9H,1,4,6-8,10H2,(H,15,21)(H,16,20). The van der Waals surface area contributed by atoms with E-state index in [4.69, 9.17) is 4.42 Å². The molecule has 1 aliphatic heterocycles. The Morgan fingerprint density at radius 1 is 1.27 bits per heavy atom. The topological polar surface area (TPSA) is 94.9 Å². The minimum atomic E-state index is -0.472. The number of furan rings is 1. The molecule has 2 N–H and O–H groups in total. The third kappa shape index (κ3) is 3.66. The lowest BCUT2D eigenvalue weighted by atomic mass is 10.4. The average Bonchev–Trinajstić information content (AvgIpc) is 3.20. The van der Waals surface area contributed by atoms with Crippen LogP contribution in [0, 0.1) is 0 Å². The van der Waals surface area contributed by atoms with Crippen LogP contribution < -0.4 is 10.6 Å². The number of hydrazine groups is 1. The maximum atomic E-state index is 12.1. The summed E-state index contributed by atoms with van der Waals surface area (Å²) in [5.74, 6) is -0.693. The van der Waals surface area contributed by atoms with Crippen LogP contribution in [-0.2, 0) is 4.79 Å². The van der Waals surface area contributed by atoms with Crippen molar-refractivity contribution in [2.24, 2.45) is 0 Å². The summed E-state index contributed by atoms with van der Waals surface area (Å²) in [5, 5.41) is 7.76. The van der Waals surface area contributed by atoms with Crippen LogP contribution in [0.25, 0.3) is 0 Å². The summed E-state index contributed by atoms with van der Waals surface area (Å²) < 4.78 is 4.94. The van der Waals surface area contributed by atoms with Gasteiger partial charge in [0.2, 0.25) is 0 Å². The van der Waals surface area contributed by atoms with Crippen molar-refractivity contribution in [2.75, 3.05) is 26.2 Å². The molecule has 4 amide bonds. The van der Waals surface area contributed by atoms with Crippen LogP contribution in [0.1, 0.15) is 17.0 Å². The number of carbonyl (C=O) groups is 3. The van der Waals surface area contributed by atoms with Crippen LogP contribution in [0.15, 0.2) is 35.5 Å². The molecule has 0 spiro atoms. The van der Waals surface area contributed by atoms with E-state index in [1.807, 2.05) is 0 Å². The summed E-state index contributed by atoms with van der Waals surface area (Å²) in [6.45, 7) is 4.54. The molecule has 8 nitrogen and oxygen atoms in total. The van der Waals surface area contributed by atoms with E-state index in [-0.39, 0.29) is 24.2 Å². The predicted molar refractivity (Wildman–Crippen MR) is 77.7 cm³/mol. The monoisotopic (exact) mass is 306 g/mol. The van der Waals surface area contributed by atoms with Gasteiger partial charge >= 0.3 is 6.03 Å². The number of rotatable bonds is 5. The number of hydrogen-bond donors (Lipinski definition) is 2. The van der Waals surface area contributed by atoms with E-state index in [0.717, 1.165) is 0 Å². The Hall–Kier alpha value is -2.77. The molecule has 118 valence electrons. The van der Waals surface area contributed by atoms with Gasteiger partial charge in [0.05, 0.1) is 12.8 Å². The summed E-state index contributed by atoms with van der Waals surface area (Å²) in [7, 11) is 0. The number of carbonyl (C=O) groups excluding carboxylic acids is 3. The smallest absolute Gasteiger partial charge is 0.336 e. The highest BCUT2D eigenvalue weighted by atomic mass is 16.3. The molecule has 22 heavy (non-hydrogen) atoms. The second kappa shape index (κ2) is 7.30. The molecule has 0 bridgehead atoms. The Morgan fingerprint density at radius 3 is 2.73 bits per heavy atom. The Kier molecular flexibility index (Phi) is 5.18. The molecule has 0 radical (unpaired) electrons. The van der Waals surface area contributed by atoms with E-state index < -0.39 is 5.91 Å². The number of nitrogens with zero attached hydrogens (tertiary/aromatic N) is 2. The lowest BCUT2D eigenvalue weighted by molar-refractivity contribution is -0.138. The molecular weight excluding hydrogens is 288 g/mol. The van der Waals surface area contributed by atoms with E-state index in [9.17, 15) is 14.4 Å². The van der Waals surface area contributed by atoms with Crippen molar-refractivity contribution in [3.8, 4) is 0 Å². The molecule has 2 heterocycles. The summed E-state index contributed by atoms with van der Waals surface area (Å²) in [6, 6.07) is 2.73. The van der Waals surface area contributed by atoms with E-state index in [2.05, 4.69) is 17.2 Å². The van der Waals surface area contributed by atoms with Gasteiger partial charge in [-0.2, -0.15) is 0 Å². The van der Waals surface area contributed by atoms with Crippen molar-refractivity contribution in [3.63, 3.8) is 0 Å². The van der Waals surface area contributed by atoms with Gasteiger partial charge in [0.15, 0.2) is 5.76 Å². The number of nitrogens with one attached hydrogen (secondary N) is 2. The van der Waals surface area contributed by atoms with Gasteiger partial charge in [-0.3, -0.25) is 9.59 Å². The third-order valence-electron chi connectivity index (χ3n) is 3.10. The molecule has 0 aromatic carbocycles. The van der Waals surface area contributed by atoms with E-state index >= 15 is 0 Å². The zero-order valence-corrected chi connectivity index (χ0v) is 12.1. The van der Waals surface area contributed by atoms with E-state index in [1.54, 1.807) is 12.1 Å². The Morgan fingerprint density at radius 2 is 2.05 bits per heavy atom. The van der Waals surface area contributed by atoms with Gasteiger partial charge in [-0.25, -0.2) is 14.8 Å². The molecule has 1 fully saturated rings. The van der Waals surface area contributed by atoms with Crippen molar-refractivity contribution in [1.82, 2.24) is 20.7 Å².